The van der Waals surface area contributed by atoms with Gasteiger partial charge in [-0.25, -0.2) is 4.79 Å². The number of hydrogen-bond donors (Lipinski definition) is 2. The zero-order valence-electron chi connectivity index (χ0n) is 16.9. The number of nitrogens with one attached hydrogen (secondary N) is 2. The molecule has 2 heterocycles. The van der Waals surface area contributed by atoms with Gasteiger partial charge >= 0.3 is 5.97 Å². The first-order chi connectivity index (χ1) is 13.9. The minimum Gasteiger partial charge on any atom is -0.462 e. The Morgan fingerprint density at radius 1 is 1.28 bits per heavy atom. The summed E-state index contributed by atoms with van der Waals surface area (Å²) in [5.41, 5.74) is 4.38. The maximum atomic E-state index is 12.8. The van der Waals surface area contributed by atoms with Gasteiger partial charge < -0.3 is 15.4 Å². The van der Waals surface area contributed by atoms with E-state index in [1.165, 1.54) is 11.3 Å². The molecular formula is C21H24N4O2S2. The van der Waals surface area contributed by atoms with Crippen LogP contribution >= 0.6 is 23.6 Å². The number of anilines is 1. The summed E-state index contributed by atoms with van der Waals surface area (Å²) in [4.78, 5) is 13.8. The van der Waals surface area contributed by atoms with Gasteiger partial charge in [0.05, 0.1) is 12.3 Å². The van der Waals surface area contributed by atoms with Crippen molar-refractivity contribution in [3.63, 3.8) is 0 Å². The number of hydrogen-bond acceptors (Lipinski definition) is 5. The number of rotatable bonds is 6. The fourth-order valence-corrected chi connectivity index (χ4v) is 4.44. The lowest BCUT2D eigenvalue weighted by molar-refractivity contribution is 0.0529. The Bertz CT molecular complexity index is 1020. The van der Waals surface area contributed by atoms with Crippen molar-refractivity contribution in [2.75, 3.05) is 11.9 Å². The summed E-state index contributed by atoms with van der Waals surface area (Å²) in [5.74, 6) is -0.357. The lowest BCUT2D eigenvalue weighted by atomic mass is 10.0. The van der Waals surface area contributed by atoms with E-state index in [1.54, 1.807) is 11.6 Å². The molecule has 0 saturated carbocycles. The molecule has 152 valence electrons. The minimum atomic E-state index is -0.357. The third-order valence-corrected chi connectivity index (χ3v) is 5.67. The van der Waals surface area contributed by atoms with E-state index in [0.29, 0.717) is 28.8 Å². The number of aryl methyl sites for hydroxylation is 3. The van der Waals surface area contributed by atoms with Crippen LogP contribution in [0.1, 0.15) is 33.4 Å². The highest BCUT2D eigenvalue weighted by atomic mass is 32.1. The maximum Gasteiger partial charge on any atom is 0.341 e. The largest absolute Gasteiger partial charge is 0.462 e. The third-order valence-electron chi connectivity index (χ3n) is 4.41. The molecule has 3 rings (SSSR count). The Morgan fingerprint density at radius 3 is 2.62 bits per heavy atom. The molecule has 0 spiro atoms. The van der Waals surface area contributed by atoms with Gasteiger partial charge in [-0.2, -0.15) is 5.10 Å². The van der Waals surface area contributed by atoms with Crippen LogP contribution in [-0.4, -0.2) is 27.5 Å². The van der Waals surface area contributed by atoms with Crippen molar-refractivity contribution in [2.24, 2.45) is 7.05 Å². The quantitative estimate of drug-likeness (QED) is 0.447. The molecule has 3 aromatic rings. The second kappa shape index (κ2) is 9.19. The molecule has 0 bridgehead atoms. The van der Waals surface area contributed by atoms with E-state index in [0.717, 1.165) is 27.3 Å². The molecule has 0 aliphatic rings. The van der Waals surface area contributed by atoms with Crippen LogP contribution in [0.3, 0.4) is 0 Å². The highest BCUT2D eigenvalue weighted by molar-refractivity contribution is 7.80. The molecule has 0 amide bonds. The van der Waals surface area contributed by atoms with E-state index in [1.807, 2.05) is 57.4 Å². The number of carbonyl (C=O) groups excluding carboxylic acids is 1. The molecule has 0 saturated heterocycles. The van der Waals surface area contributed by atoms with E-state index >= 15 is 0 Å². The van der Waals surface area contributed by atoms with Gasteiger partial charge in [0.25, 0.3) is 0 Å². The van der Waals surface area contributed by atoms with Crippen LogP contribution in [0.15, 0.2) is 36.5 Å². The number of aromatic nitrogens is 2. The van der Waals surface area contributed by atoms with Crippen LogP contribution in [0.2, 0.25) is 0 Å². The summed E-state index contributed by atoms with van der Waals surface area (Å²) in [6, 6.07) is 9.84. The molecule has 0 fully saturated rings. The number of nitrogens with zero attached hydrogens (tertiary/aromatic N) is 2. The fraction of sp³-hybridized carbons (Fsp3) is 0.286. The standard InChI is InChI=1S/C21H24N4O2S2/c1-5-27-20(26)18-17(15-9-7-6-8-10-15)14(3)29-19(18)23-21(28)22-11-16-12-25(4)24-13(16)2/h6-10,12H,5,11H2,1-4H3,(H2,22,23,28). The van der Waals surface area contributed by atoms with E-state index in [4.69, 9.17) is 17.0 Å². The van der Waals surface area contributed by atoms with Crippen molar-refractivity contribution in [2.45, 2.75) is 27.3 Å². The normalized spacial score (nSPS) is 10.6. The second-order valence-electron chi connectivity index (χ2n) is 6.54. The van der Waals surface area contributed by atoms with Crippen molar-refractivity contribution in [1.29, 1.82) is 0 Å². The van der Waals surface area contributed by atoms with Crippen molar-refractivity contribution >= 4 is 39.6 Å². The Kier molecular flexibility index (Phi) is 6.66. The fourth-order valence-electron chi connectivity index (χ4n) is 3.13. The number of benzene rings is 1. The van der Waals surface area contributed by atoms with Gasteiger partial charge in [0.1, 0.15) is 10.6 Å². The van der Waals surface area contributed by atoms with Crippen LogP contribution in [0.5, 0.6) is 0 Å². The summed E-state index contributed by atoms with van der Waals surface area (Å²) in [6.45, 7) is 6.62. The van der Waals surface area contributed by atoms with Crippen LogP contribution in [-0.2, 0) is 18.3 Å². The lowest BCUT2D eigenvalue weighted by Gasteiger charge is -2.11. The number of thiocarbonyl (C=S) groups is 1. The monoisotopic (exact) mass is 428 g/mol. The topological polar surface area (TPSA) is 68.2 Å². The molecule has 0 aliphatic carbocycles. The molecule has 1 aromatic carbocycles. The highest BCUT2D eigenvalue weighted by Gasteiger charge is 2.24. The first-order valence-corrected chi connectivity index (χ1v) is 10.5. The minimum absolute atomic E-state index is 0.310. The van der Waals surface area contributed by atoms with Gasteiger partial charge in [0, 0.05) is 35.8 Å². The third kappa shape index (κ3) is 4.83. The highest BCUT2D eigenvalue weighted by Crippen LogP contribution is 2.40. The Balaban J connectivity index is 1.85. The zero-order valence-corrected chi connectivity index (χ0v) is 18.5. The zero-order chi connectivity index (χ0) is 21.0. The summed E-state index contributed by atoms with van der Waals surface area (Å²) in [7, 11) is 1.89. The molecule has 2 aromatic heterocycles. The first kappa shape index (κ1) is 21.0. The molecule has 0 unspecified atom stereocenters. The van der Waals surface area contributed by atoms with E-state index in [2.05, 4.69) is 15.7 Å². The van der Waals surface area contributed by atoms with E-state index in [9.17, 15) is 4.79 Å². The predicted octanol–water partition coefficient (Wildman–Crippen LogP) is 4.43. The molecular weight excluding hydrogens is 404 g/mol. The summed E-state index contributed by atoms with van der Waals surface area (Å²) >= 11 is 6.96. The average Bonchev–Trinajstić information content (AvgIpc) is 3.18. The summed E-state index contributed by atoms with van der Waals surface area (Å²) in [5, 5.41) is 11.8. The molecule has 0 radical (unpaired) electrons. The van der Waals surface area contributed by atoms with Gasteiger partial charge in [-0.1, -0.05) is 30.3 Å². The second-order valence-corrected chi connectivity index (χ2v) is 8.18. The summed E-state index contributed by atoms with van der Waals surface area (Å²) < 4.78 is 7.10. The van der Waals surface area contributed by atoms with Gasteiger partial charge in [-0.15, -0.1) is 11.3 Å². The van der Waals surface area contributed by atoms with Crippen molar-refractivity contribution in [3.05, 3.63) is 58.2 Å². The smallest absolute Gasteiger partial charge is 0.341 e. The van der Waals surface area contributed by atoms with Gasteiger partial charge in [0.2, 0.25) is 0 Å². The van der Waals surface area contributed by atoms with Crippen molar-refractivity contribution in [1.82, 2.24) is 15.1 Å². The first-order valence-electron chi connectivity index (χ1n) is 9.30. The maximum absolute atomic E-state index is 12.8. The van der Waals surface area contributed by atoms with Crippen LogP contribution < -0.4 is 10.6 Å². The molecule has 8 heteroatoms. The molecule has 2 N–H and O–H groups in total. The summed E-state index contributed by atoms with van der Waals surface area (Å²) in [6.07, 6.45) is 1.96. The van der Waals surface area contributed by atoms with Crippen molar-refractivity contribution < 1.29 is 9.53 Å². The number of carbonyl (C=O) groups is 1. The van der Waals surface area contributed by atoms with Crippen molar-refractivity contribution in [3.8, 4) is 11.1 Å². The lowest BCUT2D eigenvalue weighted by Crippen LogP contribution is -2.28. The van der Waals surface area contributed by atoms with E-state index in [-0.39, 0.29) is 5.97 Å². The van der Waals surface area contributed by atoms with Gasteiger partial charge in [-0.05, 0) is 38.6 Å². The Labute approximate surface area is 179 Å². The Hall–Kier alpha value is -2.71. The SMILES string of the molecule is CCOC(=O)c1c(NC(=S)NCc2cn(C)nc2C)sc(C)c1-c1ccccc1. The number of ether oxygens (including phenoxy) is 1. The average molecular weight is 429 g/mol. The van der Waals surface area contributed by atoms with Gasteiger partial charge in [0.15, 0.2) is 5.11 Å². The number of thiophene rings is 1. The molecule has 0 atom stereocenters. The number of esters is 1. The predicted molar refractivity (Wildman–Crippen MR) is 121 cm³/mol. The Morgan fingerprint density at radius 2 is 2.00 bits per heavy atom. The van der Waals surface area contributed by atoms with Crippen LogP contribution in [0.4, 0.5) is 5.00 Å². The molecule has 0 aliphatic heterocycles. The van der Waals surface area contributed by atoms with Gasteiger partial charge in [-0.3, -0.25) is 4.68 Å². The van der Waals surface area contributed by atoms with Crippen LogP contribution in [0.25, 0.3) is 11.1 Å². The molecule has 6 nitrogen and oxygen atoms in total. The van der Waals surface area contributed by atoms with E-state index < -0.39 is 0 Å². The molecule has 29 heavy (non-hydrogen) atoms. The van der Waals surface area contributed by atoms with Crippen LogP contribution in [0, 0.1) is 13.8 Å².